The van der Waals surface area contributed by atoms with Gasteiger partial charge in [0.15, 0.2) is 0 Å². The summed E-state index contributed by atoms with van der Waals surface area (Å²) in [7, 11) is 1.71. The first kappa shape index (κ1) is 18.3. The van der Waals surface area contributed by atoms with E-state index in [4.69, 9.17) is 0 Å². The van der Waals surface area contributed by atoms with Crippen LogP contribution in [0.4, 0.5) is 4.79 Å². The molecule has 7 heteroatoms. The minimum Gasteiger partial charge on any atom is -0.351 e. The molecule has 4 amide bonds. The number of likely N-dealkylation sites (N-methyl/N-ethyl adjacent to an activating group) is 1. The zero-order valence-electron chi connectivity index (χ0n) is 17.2. The van der Waals surface area contributed by atoms with Crippen LogP contribution in [-0.2, 0) is 9.59 Å². The van der Waals surface area contributed by atoms with Crippen molar-refractivity contribution >= 4 is 17.8 Å². The highest BCUT2D eigenvalue weighted by Crippen LogP contribution is 2.65. The third-order valence-electron chi connectivity index (χ3n) is 9.03. The number of rotatable bonds is 3. The van der Waals surface area contributed by atoms with Crippen molar-refractivity contribution in [3.63, 3.8) is 0 Å². The molecular formula is C21H32N4O3. The topological polar surface area (TPSA) is 81.8 Å². The van der Waals surface area contributed by atoms with Gasteiger partial charge in [-0.2, -0.15) is 0 Å². The first-order valence-corrected chi connectivity index (χ1v) is 10.9. The zero-order valence-corrected chi connectivity index (χ0v) is 17.2. The van der Waals surface area contributed by atoms with Gasteiger partial charge in [0.25, 0.3) is 0 Å². The van der Waals surface area contributed by atoms with Gasteiger partial charge >= 0.3 is 6.03 Å². The van der Waals surface area contributed by atoms with Crippen LogP contribution < -0.4 is 10.6 Å². The minimum absolute atomic E-state index is 0.0160. The van der Waals surface area contributed by atoms with E-state index >= 15 is 0 Å². The second-order valence-corrected chi connectivity index (χ2v) is 10.3. The van der Waals surface area contributed by atoms with Crippen molar-refractivity contribution in [3.05, 3.63) is 0 Å². The number of hydrogen-bond donors (Lipinski definition) is 2. The number of fused-ring (bicyclic) bond motifs is 4. The Labute approximate surface area is 166 Å². The van der Waals surface area contributed by atoms with Gasteiger partial charge in [0.05, 0.1) is 24.0 Å². The van der Waals surface area contributed by atoms with Crippen molar-refractivity contribution in [2.45, 2.75) is 83.0 Å². The van der Waals surface area contributed by atoms with Gasteiger partial charge in [-0.05, 0) is 56.3 Å². The van der Waals surface area contributed by atoms with Crippen LogP contribution in [0.1, 0.15) is 58.8 Å². The number of carbonyl (C=O) groups excluding carboxylic acids is 3. The Morgan fingerprint density at radius 1 is 1.14 bits per heavy atom. The van der Waals surface area contributed by atoms with Crippen LogP contribution in [0.2, 0.25) is 0 Å². The number of urea groups is 1. The molecule has 3 heterocycles. The molecule has 2 aliphatic carbocycles. The molecule has 3 saturated heterocycles. The average molecular weight is 389 g/mol. The third-order valence-corrected chi connectivity index (χ3v) is 9.03. The van der Waals surface area contributed by atoms with Crippen molar-refractivity contribution in [1.82, 2.24) is 20.4 Å². The monoisotopic (exact) mass is 388 g/mol. The standard InChI is InChI=1S/C21H32N4O3/c1-20(2)12-6-8-21(20,9-7-12)18(27)22-14-10-13-4-5-16(14)25(13)17(26)15-11-24(3)19(28)23-15/h12-16H,4-11H2,1-3H3,(H,22,27)(H,23,28)/t12?,13-,14+,15?,16+,21?/m1/s1. The van der Waals surface area contributed by atoms with E-state index < -0.39 is 6.04 Å². The smallest absolute Gasteiger partial charge is 0.317 e. The maximum atomic E-state index is 13.4. The van der Waals surface area contributed by atoms with E-state index in [1.165, 1.54) is 0 Å². The third kappa shape index (κ3) is 2.25. The number of amides is 4. The quantitative estimate of drug-likeness (QED) is 0.768. The lowest BCUT2D eigenvalue weighted by atomic mass is 9.68. The summed E-state index contributed by atoms with van der Waals surface area (Å²) < 4.78 is 0. The van der Waals surface area contributed by atoms with Crippen molar-refractivity contribution < 1.29 is 14.4 Å². The molecule has 7 nitrogen and oxygen atoms in total. The van der Waals surface area contributed by atoms with Gasteiger partial charge < -0.3 is 20.4 Å². The van der Waals surface area contributed by atoms with Crippen LogP contribution >= 0.6 is 0 Å². The Balaban J connectivity index is 1.29. The molecule has 2 saturated carbocycles. The fraction of sp³-hybridized carbons (Fsp3) is 0.857. The van der Waals surface area contributed by atoms with Crippen LogP contribution in [-0.4, -0.2) is 65.4 Å². The summed E-state index contributed by atoms with van der Waals surface area (Å²) in [4.78, 5) is 41.8. The maximum Gasteiger partial charge on any atom is 0.317 e. The van der Waals surface area contributed by atoms with E-state index in [0.29, 0.717) is 12.5 Å². The van der Waals surface area contributed by atoms with E-state index in [-0.39, 0.29) is 46.8 Å². The van der Waals surface area contributed by atoms with Gasteiger partial charge in [-0.15, -0.1) is 0 Å². The van der Waals surface area contributed by atoms with E-state index in [1.807, 2.05) is 4.90 Å². The maximum absolute atomic E-state index is 13.4. The highest BCUT2D eigenvalue weighted by Gasteiger charge is 2.63. The fourth-order valence-corrected chi connectivity index (χ4v) is 7.16. The van der Waals surface area contributed by atoms with Gasteiger partial charge in [0, 0.05) is 13.1 Å². The lowest BCUT2D eigenvalue weighted by Crippen LogP contribution is -2.54. The number of hydrogen-bond acceptors (Lipinski definition) is 3. The second kappa shape index (κ2) is 5.86. The SMILES string of the molecule is CN1CC(C(=O)N2[C@@H]3CC[C@H]2[C@@H](NC(=O)C24CCC(CC2)C4(C)C)C3)NC1=O. The summed E-state index contributed by atoms with van der Waals surface area (Å²) in [6.07, 6.45) is 7.11. The first-order chi connectivity index (χ1) is 13.2. The van der Waals surface area contributed by atoms with Crippen LogP contribution in [0, 0.1) is 16.7 Å². The van der Waals surface area contributed by atoms with Crippen molar-refractivity contribution in [2.75, 3.05) is 13.6 Å². The van der Waals surface area contributed by atoms with E-state index in [0.717, 1.165) is 44.9 Å². The Kier molecular flexibility index (Phi) is 3.82. The highest BCUT2D eigenvalue weighted by atomic mass is 16.2. The first-order valence-electron chi connectivity index (χ1n) is 10.9. The highest BCUT2D eigenvalue weighted by molar-refractivity contribution is 5.91. The number of carbonyl (C=O) groups is 3. The van der Waals surface area contributed by atoms with Gasteiger partial charge in [-0.25, -0.2) is 4.79 Å². The number of nitrogens with zero attached hydrogens (tertiary/aromatic N) is 2. The molecule has 1 unspecified atom stereocenters. The van der Waals surface area contributed by atoms with E-state index in [9.17, 15) is 14.4 Å². The molecule has 2 N–H and O–H groups in total. The molecule has 0 aromatic carbocycles. The fourth-order valence-electron chi connectivity index (χ4n) is 7.16. The second-order valence-electron chi connectivity index (χ2n) is 10.3. The molecule has 4 atom stereocenters. The molecular weight excluding hydrogens is 356 g/mol. The van der Waals surface area contributed by atoms with Crippen molar-refractivity contribution in [2.24, 2.45) is 16.7 Å². The summed E-state index contributed by atoms with van der Waals surface area (Å²) in [5, 5.41) is 6.18. The molecule has 0 aromatic rings. The Morgan fingerprint density at radius 2 is 1.86 bits per heavy atom. The molecule has 5 aliphatic rings. The van der Waals surface area contributed by atoms with Gasteiger partial charge in [0.2, 0.25) is 11.8 Å². The molecule has 0 aromatic heterocycles. The normalized spacial score (nSPS) is 43.0. The summed E-state index contributed by atoms with van der Waals surface area (Å²) in [6, 6.07) is -0.334. The van der Waals surface area contributed by atoms with Crippen molar-refractivity contribution in [3.8, 4) is 0 Å². The molecule has 0 radical (unpaired) electrons. The van der Waals surface area contributed by atoms with Crippen LogP contribution in [0.15, 0.2) is 0 Å². The van der Waals surface area contributed by atoms with Gasteiger partial charge in [0.1, 0.15) is 6.04 Å². The molecule has 0 spiro atoms. The summed E-state index contributed by atoms with van der Waals surface area (Å²) in [5.74, 6) is 0.901. The predicted molar refractivity (Wildman–Crippen MR) is 103 cm³/mol. The van der Waals surface area contributed by atoms with Crippen molar-refractivity contribution in [1.29, 1.82) is 0 Å². The van der Waals surface area contributed by atoms with Gasteiger partial charge in [-0.3, -0.25) is 9.59 Å². The van der Waals surface area contributed by atoms with Crippen LogP contribution in [0.25, 0.3) is 0 Å². The average Bonchev–Trinajstić information content (AvgIpc) is 3.42. The van der Waals surface area contributed by atoms with E-state index in [1.54, 1.807) is 11.9 Å². The Bertz CT molecular complexity index is 727. The summed E-state index contributed by atoms with van der Waals surface area (Å²) >= 11 is 0. The Hall–Kier alpha value is -1.79. The summed E-state index contributed by atoms with van der Waals surface area (Å²) in [5.41, 5.74) is -0.153. The lowest BCUT2D eigenvalue weighted by molar-refractivity contribution is -0.138. The van der Waals surface area contributed by atoms with Crippen LogP contribution in [0.3, 0.4) is 0 Å². The Morgan fingerprint density at radius 3 is 2.43 bits per heavy atom. The predicted octanol–water partition coefficient (Wildman–Crippen LogP) is 1.47. The molecule has 5 fully saturated rings. The molecule has 154 valence electrons. The van der Waals surface area contributed by atoms with Gasteiger partial charge in [-0.1, -0.05) is 13.8 Å². The molecule has 3 aliphatic heterocycles. The summed E-state index contributed by atoms with van der Waals surface area (Å²) in [6.45, 7) is 4.96. The zero-order chi connectivity index (χ0) is 19.8. The minimum atomic E-state index is -0.460. The number of nitrogens with one attached hydrogen (secondary N) is 2. The largest absolute Gasteiger partial charge is 0.351 e. The van der Waals surface area contributed by atoms with E-state index in [2.05, 4.69) is 24.5 Å². The molecule has 4 bridgehead atoms. The molecule has 5 rings (SSSR count). The lowest BCUT2D eigenvalue weighted by Gasteiger charge is -2.38. The molecule has 28 heavy (non-hydrogen) atoms. The van der Waals surface area contributed by atoms with Crippen LogP contribution in [0.5, 0.6) is 0 Å².